The zero-order chi connectivity index (χ0) is 79.6. The highest BCUT2D eigenvalue weighted by Gasteiger charge is 2.51. The van der Waals surface area contributed by atoms with Gasteiger partial charge in [-0.25, -0.2) is 0 Å². The molecule has 3 aliphatic rings. The van der Waals surface area contributed by atoms with Crippen LogP contribution in [0.5, 0.6) is 0 Å². The van der Waals surface area contributed by atoms with Crippen LogP contribution in [-0.4, -0.2) is 0 Å². The lowest BCUT2D eigenvalue weighted by molar-refractivity contribution is 0.660. The van der Waals surface area contributed by atoms with Crippen molar-refractivity contribution >= 4 is 27.8 Å². The quantitative estimate of drug-likeness (QED) is 0.161. The number of hydrogen-bond acceptors (Lipinski definition) is 1. The van der Waals surface area contributed by atoms with Crippen LogP contribution in [0.3, 0.4) is 0 Å². The summed E-state index contributed by atoms with van der Waals surface area (Å²) >= 11 is 0. The van der Waals surface area contributed by atoms with E-state index in [-0.39, 0.29) is 28.3 Å². The van der Waals surface area contributed by atoms with E-state index in [4.69, 9.17) is 28.8 Å². The van der Waals surface area contributed by atoms with Crippen molar-refractivity contribution in [2.24, 2.45) is 0 Å². The van der Waals surface area contributed by atoms with Gasteiger partial charge in [-0.1, -0.05) is 219 Å². The van der Waals surface area contributed by atoms with Gasteiger partial charge in [0.25, 0.3) is 0 Å². The Morgan fingerprint density at radius 3 is 1.90 bits per heavy atom. The minimum absolute atomic E-state index is 0.132. The maximum absolute atomic E-state index is 10.8. The molecule has 1 atom stereocenters. The molecule has 1 spiro atoms. The smallest absolute Gasteiger partial charge is 0.0726 e. The zero-order valence-electron chi connectivity index (χ0n) is 74.1. The van der Waals surface area contributed by atoms with Gasteiger partial charge in [0.1, 0.15) is 0 Å². The van der Waals surface area contributed by atoms with Crippen molar-refractivity contribution < 1.29 is 53.5 Å². The van der Waals surface area contributed by atoms with E-state index < -0.39 is 324 Å². The number of anilines is 3. The fraction of sp³-hybridized carbons (Fsp3) is 0.0588. The lowest BCUT2D eigenvalue weighted by Crippen LogP contribution is -2.26. The molecule has 11 aromatic carbocycles. The van der Waals surface area contributed by atoms with Gasteiger partial charge < -0.3 is 4.90 Å². The van der Waals surface area contributed by atoms with Crippen LogP contribution in [0.1, 0.15) is 101 Å². The van der Waals surface area contributed by atoms with E-state index in [0.29, 0.717) is 11.0 Å². The van der Waals surface area contributed by atoms with E-state index in [9.17, 15) is 24.7 Å². The number of nitrogens with zero attached hydrogens (tertiary/aromatic N) is 1. The topological polar surface area (TPSA) is 3.24 Å². The van der Waals surface area contributed by atoms with E-state index in [2.05, 4.69) is 0 Å². The predicted octanol–water partition coefficient (Wildman–Crippen LogP) is 18.0. The molecule has 0 aliphatic heterocycles. The second-order valence-corrected chi connectivity index (χ2v) is 16.1. The molecule has 11 aromatic rings. The normalized spacial score (nSPS) is 23.6. The molecular weight excluding hydrogens is 831 g/mol. The molecule has 0 saturated carbocycles. The van der Waals surface area contributed by atoms with Crippen LogP contribution in [0, 0.1) is 0 Å². The Hall–Kier alpha value is -8.52. The molecule has 1 unspecified atom stereocenters. The number of rotatable bonds is 6. The van der Waals surface area contributed by atoms with Gasteiger partial charge in [0.05, 0.1) is 50.7 Å². The first-order chi connectivity index (χ1) is 50.2. The average molecular weight is 917 g/mol. The standard InChI is InChI=1S/C68H47N/c1-67(2)60-24-12-8-20-54(60)58-40-33-48(42-64(58)67)66-52-19-7-6-18-46(52)32-39-53(66)47-30-36-50(37-31-47)69(49-34-28-45(29-35-49)44-16-4-3-5-17-44)51-38-41-59-57-23-11-15-27-63(57)68(65(59)43-51)61-25-13-9-21-55(61)56-22-10-14-26-62(56)68/h3-43H,1-2H3/i1D3,2D3,3D,4D,5D,6D,7D,8D,9D,11D,13D,15D,16D,17D,18D,19D,20D,21D,22D,23D,24D,27D,28D,29D,30D,32D,33D,34D,35D,36D,38D,39D,40D,41D,43D. The van der Waals surface area contributed by atoms with Crippen molar-refractivity contribution in [2.75, 3.05) is 4.90 Å². The molecule has 1 nitrogen and oxygen atoms in total. The highest BCUT2D eigenvalue weighted by molar-refractivity contribution is 6.05. The molecule has 324 valence electrons. The Labute approximate surface area is 459 Å². The monoisotopic (exact) mass is 917 g/mol. The Kier molecular flexibility index (Phi) is 3.67. The van der Waals surface area contributed by atoms with Gasteiger partial charge in [-0.15, -0.1) is 0 Å². The molecule has 1 heteroatoms. The Morgan fingerprint density at radius 2 is 1.00 bits per heavy atom. The molecular formula is C68H47N. The molecule has 69 heavy (non-hydrogen) atoms. The van der Waals surface area contributed by atoms with Crippen LogP contribution in [0.4, 0.5) is 17.1 Å². The highest BCUT2D eigenvalue weighted by Crippen LogP contribution is 2.63. The van der Waals surface area contributed by atoms with E-state index in [1.807, 2.05) is 0 Å². The van der Waals surface area contributed by atoms with E-state index >= 15 is 0 Å². The number of hydrogen-bond donors (Lipinski definition) is 0. The van der Waals surface area contributed by atoms with E-state index in [0.717, 1.165) is 24.3 Å². The lowest BCUT2D eigenvalue weighted by atomic mass is 9.70. The Bertz CT molecular complexity index is 6020. The summed E-state index contributed by atoms with van der Waals surface area (Å²) in [6.45, 7) is -7.61. The van der Waals surface area contributed by atoms with E-state index in [1.165, 1.54) is 18.2 Å². The Morgan fingerprint density at radius 1 is 0.362 bits per heavy atom. The van der Waals surface area contributed by atoms with Gasteiger partial charge in [-0.05, 0) is 153 Å². The Balaban J connectivity index is 1.15. The third-order valence-electron chi connectivity index (χ3n) is 12.6. The van der Waals surface area contributed by atoms with Crippen LogP contribution >= 0.6 is 0 Å². The van der Waals surface area contributed by atoms with Gasteiger partial charge in [0, 0.05) is 30.7 Å². The molecule has 0 fully saturated rings. The summed E-state index contributed by atoms with van der Waals surface area (Å²) < 4.78 is 364. The largest absolute Gasteiger partial charge is 0.310 e. The van der Waals surface area contributed by atoms with Gasteiger partial charge >= 0.3 is 0 Å². The van der Waals surface area contributed by atoms with Crippen molar-refractivity contribution in [3.63, 3.8) is 0 Å². The maximum atomic E-state index is 10.8. The van der Waals surface area contributed by atoms with Crippen molar-refractivity contribution in [1.82, 2.24) is 0 Å². The van der Waals surface area contributed by atoms with Gasteiger partial charge in [0.2, 0.25) is 0 Å². The summed E-state index contributed by atoms with van der Waals surface area (Å²) in [7, 11) is 0. The van der Waals surface area contributed by atoms with Crippen molar-refractivity contribution in [1.29, 1.82) is 0 Å². The number of fused-ring (bicyclic) bond motifs is 14. The zero-order valence-corrected chi connectivity index (χ0v) is 35.1. The third kappa shape index (κ3) is 5.71. The first-order valence-corrected chi connectivity index (χ1v) is 21.1. The molecule has 0 saturated heterocycles. The van der Waals surface area contributed by atoms with Crippen LogP contribution in [0.15, 0.2) is 248 Å². The summed E-state index contributed by atoms with van der Waals surface area (Å²) in [5, 5.41) is -1.57. The maximum Gasteiger partial charge on any atom is 0.0726 e. The SMILES string of the molecule is [2H]c1cc2c(c([2H])c1[2H])-c1c([2H])cccc1C21c2c([2H])c([2H])c([2H])c([2H])c2-c2c([2H])c([2H])c(N(c3ccc(-c4c([2H])c([2H])c5c([2H])c([2H])c([2H])c([2H])c5c4-c4cc5c(c([2H])c4[2H])-c4c([2H])c([2H])cc([2H])c4C5(C([2H])([2H])[2H])C([2H])([2H])[2H])c([2H])c3[2H])c3c([2H])c([2H])c(-c4c([2H])c([2H])c([2H])c([2H])c4[2H])c([2H])c3[2H])c([2H])c21. The second kappa shape index (κ2) is 15.0. The molecule has 0 heterocycles. The minimum atomic E-state index is -3.80. The summed E-state index contributed by atoms with van der Waals surface area (Å²) in [6.07, 6.45) is 0. The molecule has 0 aromatic heterocycles. The molecule has 0 amide bonds. The average Bonchev–Trinajstić information content (AvgIpc) is 1.48. The molecule has 0 bridgehead atoms. The fourth-order valence-electron chi connectivity index (χ4n) is 9.71. The van der Waals surface area contributed by atoms with Crippen molar-refractivity contribution in [2.45, 2.75) is 24.5 Å². The summed E-state index contributed by atoms with van der Waals surface area (Å²) in [5.41, 5.74) is -20.2. The lowest BCUT2D eigenvalue weighted by Gasteiger charge is -2.32. The first kappa shape index (κ1) is 16.9. The van der Waals surface area contributed by atoms with E-state index in [1.54, 1.807) is 0 Å². The van der Waals surface area contributed by atoms with Gasteiger partial charge in [0.15, 0.2) is 0 Å². The molecule has 3 aliphatic carbocycles. The molecule has 0 radical (unpaired) electrons. The molecule has 14 rings (SSSR count). The van der Waals surface area contributed by atoms with Crippen molar-refractivity contribution in [3.8, 4) is 66.8 Å². The second-order valence-electron chi connectivity index (χ2n) is 16.1. The van der Waals surface area contributed by atoms with Crippen LogP contribution in [0.25, 0.3) is 77.5 Å². The van der Waals surface area contributed by atoms with Gasteiger partial charge in [-0.3, -0.25) is 0 Å². The third-order valence-corrected chi connectivity index (χ3v) is 12.6. The highest BCUT2D eigenvalue weighted by atomic mass is 15.1. The molecule has 0 N–H and O–H groups in total. The summed E-state index contributed by atoms with van der Waals surface area (Å²) in [5.74, 6) is 0. The van der Waals surface area contributed by atoms with Gasteiger partial charge in [-0.2, -0.15) is 0 Å². The van der Waals surface area contributed by atoms with Crippen molar-refractivity contribution in [3.05, 3.63) is 281 Å². The fourth-order valence-corrected chi connectivity index (χ4v) is 9.71. The van der Waals surface area contributed by atoms with Crippen LogP contribution in [0.2, 0.25) is 0 Å². The summed E-state index contributed by atoms with van der Waals surface area (Å²) in [6, 6.07) is -24.1. The summed E-state index contributed by atoms with van der Waals surface area (Å²) in [4.78, 5) is 0.524. The van der Waals surface area contributed by atoms with Crippen LogP contribution in [-0.2, 0) is 10.8 Å². The first-order valence-electron chi connectivity index (χ1n) is 40.6. The number of benzene rings is 11. The van der Waals surface area contributed by atoms with Crippen LogP contribution < -0.4 is 4.90 Å². The minimum Gasteiger partial charge on any atom is -0.310 e. The predicted molar refractivity (Wildman–Crippen MR) is 289 cm³/mol.